The fraction of sp³-hybridized carbons (Fsp3) is 0.882. The van der Waals surface area contributed by atoms with Gasteiger partial charge in [-0.1, -0.05) is 0 Å². The van der Waals surface area contributed by atoms with Crippen molar-refractivity contribution in [3.8, 4) is 0 Å². The van der Waals surface area contributed by atoms with Gasteiger partial charge in [0.05, 0.1) is 6.54 Å². The van der Waals surface area contributed by atoms with E-state index in [9.17, 15) is 4.79 Å². The van der Waals surface area contributed by atoms with Gasteiger partial charge in [-0.3, -0.25) is 9.79 Å². The standard InChI is InChI=1S/C17H32N4O2S.HI/c1-3-19-16(20-13-17(24-2)6-9-23-10-7-17)21-8-4-5-14(12-21)11-15(18)22;/h14H,3-13H2,1-2H3,(H2,18,22)(H,19,20);1H. The molecule has 0 spiro atoms. The third-order valence-electron chi connectivity index (χ3n) is 5.00. The molecule has 6 nitrogen and oxygen atoms in total. The maximum atomic E-state index is 11.2. The number of likely N-dealkylation sites (tertiary alicyclic amines) is 1. The number of nitrogens with two attached hydrogens (primary N) is 1. The number of guanidine groups is 1. The molecule has 3 N–H and O–H groups in total. The van der Waals surface area contributed by atoms with E-state index in [4.69, 9.17) is 15.5 Å². The lowest BCUT2D eigenvalue weighted by atomic mass is 9.95. The summed E-state index contributed by atoms with van der Waals surface area (Å²) in [5.74, 6) is 1.12. The zero-order valence-electron chi connectivity index (χ0n) is 15.5. The number of ether oxygens (including phenoxy) is 1. The highest BCUT2D eigenvalue weighted by molar-refractivity contribution is 14.0. The predicted molar refractivity (Wildman–Crippen MR) is 116 cm³/mol. The van der Waals surface area contributed by atoms with Gasteiger partial charge >= 0.3 is 0 Å². The third kappa shape index (κ3) is 7.13. The Kier molecular flexibility index (Phi) is 10.5. The number of thioether (sulfide) groups is 1. The second-order valence-electron chi connectivity index (χ2n) is 6.79. The van der Waals surface area contributed by atoms with Gasteiger partial charge < -0.3 is 20.7 Å². The highest BCUT2D eigenvalue weighted by Gasteiger charge is 2.32. The van der Waals surface area contributed by atoms with Crippen molar-refractivity contribution in [2.24, 2.45) is 16.6 Å². The second-order valence-corrected chi connectivity index (χ2v) is 8.07. The minimum Gasteiger partial charge on any atom is -0.381 e. The normalized spacial score (nSPS) is 23.7. The smallest absolute Gasteiger partial charge is 0.217 e. The van der Waals surface area contributed by atoms with E-state index in [-0.39, 0.29) is 34.6 Å². The maximum absolute atomic E-state index is 11.2. The van der Waals surface area contributed by atoms with E-state index < -0.39 is 0 Å². The fourth-order valence-electron chi connectivity index (χ4n) is 3.52. The summed E-state index contributed by atoms with van der Waals surface area (Å²) in [7, 11) is 0. The lowest BCUT2D eigenvalue weighted by Gasteiger charge is -2.37. The van der Waals surface area contributed by atoms with Gasteiger partial charge in [0, 0.05) is 44.0 Å². The minimum atomic E-state index is -0.202. The minimum absolute atomic E-state index is 0. The van der Waals surface area contributed by atoms with Gasteiger partial charge in [0.1, 0.15) is 0 Å². The molecule has 1 amide bonds. The molecule has 146 valence electrons. The number of halogens is 1. The SMILES string of the molecule is CCNC(=NCC1(SC)CCOCC1)N1CCCC(CC(N)=O)C1.I. The summed E-state index contributed by atoms with van der Waals surface area (Å²) in [6.45, 7) is 7.29. The number of primary amides is 1. The van der Waals surface area contributed by atoms with Crippen molar-refractivity contribution in [3.05, 3.63) is 0 Å². The number of hydrogen-bond acceptors (Lipinski definition) is 4. The van der Waals surface area contributed by atoms with Crippen molar-refractivity contribution < 1.29 is 9.53 Å². The number of carbonyl (C=O) groups excluding carboxylic acids is 1. The van der Waals surface area contributed by atoms with E-state index in [0.717, 1.165) is 71.0 Å². The summed E-state index contributed by atoms with van der Waals surface area (Å²) in [5.41, 5.74) is 5.38. The summed E-state index contributed by atoms with van der Waals surface area (Å²) in [4.78, 5) is 18.5. The Morgan fingerprint density at radius 1 is 1.44 bits per heavy atom. The topological polar surface area (TPSA) is 80.0 Å². The third-order valence-corrected chi connectivity index (χ3v) is 6.40. The lowest BCUT2D eigenvalue weighted by molar-refractivity contribution is -0.119. The van der Waals surface area contributed by atoms with Gasteiger partial charge in [0.2, 0.25) is 5.91 Å². The van der Waals surface area contributed by atoms with Crippen molar-refractivity contribution in [1.29, 1.82) is 0 Å². The molecule has 0 saturated carbocycles. The largest absolute Gasteiger partial charge is 0.381 e. The molecule has 2 aliphatic rings. The van der Waals surface area contributed by atoms with Crippen molar-refractivity contribution in [2.75, 3.05) is 45.6 Å². The zero-order chi connectivity index (χ0) is 17.4. The van der Waals surface area contributed by atoms with Crippen LogP contribution in [0.5, 0.6) is 0 Å². The van der Waals surface area contributed by atoms with Crippen LogP contribution in [-0.4, -0.2) is 67.2 Å². The van der Waals surface area contributed by atoms with Crippen LogP contribution >= 0.6 is 35.7 Å². The van der Waals surface area contributed by atoms with Gasteiger partial charge in [-0.2, -0.15) is 11.8 Å². The molecule has 0 aromatic rings. The van der Waals surface area contributed by atoms with Gasteiger partial charge in [-0.05, 0) is 44.8 Å². The van der Waals surface area contributed by atoms with E-state index in [1.54, 1.807) is 0 Å². The van der Waals surface area contributed by atoms with Crippen molar-refractivity contribution in [1.82, 2.24) is 10.2 Å². The van der Waals surface area contributed by atoms with Crippen molar-refractivity contribution in [2.45, 2.75) is 43.8 Å². The number of piperidine rings is 1. The molecular formula is C17H33IN4O2S. The Morgan fingerprint density at radius 2 is 2.16 bits per heavy atom. The zero-order valence-corrected chi connectivity index (χ0v) is 18.6. The van der Waals surface area contributed by atoms with Crippen LogP contribution in [0.3, 0.4) is 0 Å². The molecular weight excluding hydrogens is 451 g/mol. The first-order chi connectivity index (χ1) is 11.6. The molecule has 0 radical (unpaired) electrons. The van der Waals surface area contributed by atoms with Gasteiger partial charge in [-0.25, -0.2) is 0 Å². The number of carbonyl (C=O) groups is 1. The van der Waals surface area contributed by atoms with Gasteiger partial charge in [0.25, 0.3) is 0 Å². The highest BCUT2D eigenvalue weighted by atomic mass is 127. The molecule has 0 aliphatic carbocycles. The Balaban J connectivity index is 0.00000312. The first-order valence-corrected chi connectivity index (χ1v) is 10.3. The lowest BCUT2D eigenvalue weighted by Crippen LogP contribution is -2.48. The van der Waals surface area contributed by atoms with Crippen molar-refractivity contribution in [3.63, 3.8) is 0 Å². The Bertz CT molecular complexity index is 444. The number of nitrogens with zero attached hydrogens (tertiary/aromatic N) is 2. The Hall–Kier alpha value is -0.220. The van der Waals surface area contributed by atoms with Gasteiger partial charge in [0.15, 0.2) is 5.96 Å². The molecule has 1 atom stereocenters. The monoisotopic (exact) mass is 484 g/mol. The van der Waals surface area contributed by atoms with Gasteiger partial charge in [-0.15, -0.1) is 24.0 Å². The van der Waals surface area contributed by atoms with E-state index in [2.05, 4.69) is 23.4 Å². The highest BCUT2D eigenvalue weighted by Crippen LogP contribution is 2.34. The molecule has 1 unspecified atom stereocenters. The fourth-order valence-corrected chi connectivity index (χ4v) is 4.29. The second kappa shape index (κ2) is 11.5. The molecule has 8 heteroatoms. The summed E-state index contributed by atoms with van der Waals surface area (Å²) in [6, 6.07) is 0. The summed E-state index contributed by atoms with van der Waals surface area (Å²) in [6.07, 6.45) is 6.93. The summed E-state index contributed by atoms with van der Waals surface area (Å²) in [5, 5.41) is 3.43. The quantitative estimate of drug-likeness (QED) is 0.343. The van der Waals surface area contributed by atoms with Crippen LogP contribution in [0.4, 0.5) is 0 Å². The summed E-state index contributed by atoms with van der Waals surface area (Å²) < 4.78 is 5.71. The molecule has 2 saturated heterocycles. The Morgan fingerprint density at radius 3 is 2.76 bits per heavy atom. The van der Waals surface area contributed by atoms with Crippen LogP contribution in [-0.2, 0) is 9.53 Å². The summed E-state index contributed by atoms with van der Waals surface area (Å²) >= 11 is 1.91. The number of nitrogens with one attached hydrogen (secondary N) is 1. The maximum Gasteiger partial charge on any atom is 0.217 e. The van der Waals surface area contributed by atoms with Crippen LogP contribution in [0.2, 0.25) is 0 Å². The van der Waals surface area contributed by atoms with Crippen molar-refractivity contribution >= 4 is 47.6 Å². The first kappa shape index (κ1) is 22.8. The average Bonchev–Trinajstić information content (AvgIpc) is 2.59. The van der Waals surface area contributed by atoms with Crippen LogP contribution in [0, 0.1) is 5.92 Å². The van der Waals surface area contributed by atoms with Crippen LogP contribution < -0.4 is 11.1 Å². The number of hydrogen-bond donors (Lipinski definition) is 2. The molecule has 2 rings (SSSR count). The van der Waals surface area contributed by atoms with Crippen LogP contribution in [0.1, 0.15) is 39.0 Å². The van der Waals surface area contributed by atoms with E-state index in [0.29, 0.717) is 12.3 Å². The van der Waals surface area contributed by atoms with E-state index in [1.807, 2.05) is 11.8 Å². The average molecular weight is 484 g/mol. The van der Waals surface area contributed by atoms with Crippen LogP contribution in [0.25, 0.3) is 0 Å². The molecule has 0 aromatic heterocycles. The number of aliphatic imine (C=N–C) groups is 1. The van der Waals surface area contributed by atoms with Crippen LogP contribution in [0.15, 0.2) is 4.99 Å². The Labute approximate surface area is 173 Å². The number of rotatable bonds is 6. The number of amides is 1. The predicted octanol–water partition coefficient (Wildman–Crippen LogP) is 2.07. The first-order valence-electron chi connectivity index (χ1n) is 9.03. The van der Waals surface area contributed by atoms with E-state index in [1.165, 1.54) is 0 Å². The molecule has 0 aromatic carbocycles. The molecule has 0 bridgehead atoms. The van der Waals surface area contributed by atoms with E-state index >= 15 is 0 Å². The molecule has 25 heavy (non-hydrogen) atoms. The molecule has 2 heterocycles. The molecule has 2 aliphatic heterocycles. The molecule has 2 fully saturated rings.